The summed E-state index contributed by atoms with van der Waals surface area (Å²) in [5.41, 5.74) is 3.39. The van der Waals surface area contributed by atoms with Crippen molar-refractivity contribution in [1.82, 2.24) is 4.90 Å². The fraction of sp³-hybridized carbons (Fsp3) is 0.154. The fourth-order valence-electron chi connectivity index (χ4n) is 4.49. The van der Waals surface area contributed by atoms with E-state index in [2.05, 4.69) is 15.9 Å². The first-order valence-electron chi connectivity index (χ1n) is 10.5. The molecule has 1 unspecified atom stereocenters. The zero-order chi connectivity index (χ0) is 22.7. The fourth-order valence-corrected chi connectivity index (χ4v) is 4.85. The van der Waals surface area contributed by atoms with Crippen LogP contribution in [0, 0.1) is 6.92 Å². The van der Waals surface area contributed by atoms with E-state index in [4.69, 9.17) is 13.9 Å². The number of amides is 1. The van der Waals surface area contributed by atoms with Crippen molar-refractivity contribution in [1.29, 1.82) is 0 Å². The van der Waals surface area contributed by atoms with Gasteiger partial charge in [-0.3, -0.25) is 9.59 Å². The second kappa shape index (κ2) is 7.49. The molecule has 0 spiro atoms. The highest BCUT2D eigenvalue weighted by Gasteiger charge is 2.42. The second-order valence-electron chi connectivity index (χ2n) is 8.25. The number of ether oxygens (including phenoxy) is 2. The number of halogens is 1. The minimum atomic E-state index is -0.557. The Morgan fingerprint density at radius 3 is 2.58 bits per heavy atom. The molecule has 1 atom stereocenters. The zero-order valence-corrected chi connectivity index (χ0v) is 19.2. The van der Waals surface area contributed by atoms with Crippen molar-refractivity contribution in [3.8, 4) is 11.5 Å². The highest BCUT2D eigenvalue weighted by atomic mass is 79.9. The second-order valence-corrected chi connectivity index (χ2v) is 9.16. The summed E-state index contributed by atoms with van der Waals surface area (Å²) in [6.07, 6.45) is 0. The number of fused-ring (bicyclic) bond motifs is 3. The van der Waals surface area contributed by atoms with Gasteiger partial charge in [-0.1, -0.05) is 51.8 Å². The lowest BCUT2D eigenvalue weighted by atomic mass is 9.97. The van der Waals surface area contributed by atoms with Crippen LogP contribution in [-0.4, -0.2) is 17.6 Å². The molecular weight excluding hydrogens is 486 g/mol. The molecule has 7 heteroatoms. The molecule has 1 amide bonds. The van der Waals surface area contributed by atoms with Crippen molar-refractivity contribution in [2.75, 3.05) is 6.79 Å². The Labute approximate surface area is 197 Å². The Morgan fingerprint density at radius 1 is 0.970 bits per heavy atom. The van der Waals surface area contributed by atoms with Crippen LogP contribution >= 0.6 is 15.9 Å². The molecule has 164 valence electrons. The number of benzene rings is 3. The molecule has 2 aliphatic rings. The summed E-state index contributed by atoms with van der Waals surface area (Å²) in [6.45, 7) is 2.47. The van der Waals surface area contributed by atoms with Crippen molar-refractivity contribution in [3.63, 3.8) is 0 Å². The van der Waals surface area contributed by atoms with Crippen LogP contribution in [0.2, 0.25) is 0 Å². The van der Waals surface area contributed by atoms with Gasteiger partial charge in [-0.05, 0) is 48.4 Å². The molecule has 0 aliphatic carbocycles. The summed E-state index contributed by atoms with van der Waals surface area (Å²) in [4.78, 5) is 28.9. The van der Waals surface area contributed by atoms with Crippen molar-refractivity contribution in [2.45, 2.75) is 19.5 Å². The number of hydrogen-bond donors (Lipinski definition) is 0. The summed E-state index contributed by atoms with van der Waals surface area (Å²) in [5, 5.41) is 0.443. The monoisotopic (exact) mass is 503 g/mol. The molecule has 3 heterocycles. The summed E-state index contributed by atoms with van der Waals surface area (Å²) in [5.74, 6) is 1.11. The first kappa shape index (κ1) is 20.1. The maximum atomic E-state index is 13.6. The van der Waals surface area contributed by atoms with E-state index in [0.717, 1.165) is 21.2 Å². The van der Waals surface area contributed by atoms with Crippen LogP contribution < -0.4 is 14.9 Å². The molecule has 0 radical (unpaired) electrons. The van der Waals surface area contributed by atoms with E-state index in [1.54, 1.807) is 23.1 Å². The largest absolute Gasteiger partial charge is 0.454 e. The molecule has 0 fully saturated rings. The van der Waals surface area contributed by atoms with Gasteiger partial charge in [0.05, 0.1) is 17.0 Å². The lowest BCUT2D eigenvalue weighted by Crippen LogP contribution is -2.29. The lowest BCUT2D eigenvalue weighted by Gasteiger charge is -2.25. The van der Waals surface area contributed by atoms with Crippen molar-refractivity contribution < 1.29 is 18.7 Å². The van der Waals surface area contributed by atoms with Gasteiger partial charge >= 0.3 is 0 Å². The maximum Gasteiger partial charge on any atom is 0.291 e. The van der Waals surface area contributed by atoms with E-state index in [-0.39, 0.29) is 30.4 Å². The number of carbonyl (C=O) groups is 1. The standard InChI is InChI=1S/C26H18BrNO5/c1-14-2-5-16(6-3-14)23-22-24(29)18-11-17(27)7-9-19(18)33-25(22)26(30)28(23)12-15-4-8-20-21(10-15)32-13-31-20/h2-11,23H,12-13H2,1H3. The predicted octanol–water partition coefficient (Wildman–Crippen LogP) is 5.34. The molecule has 1 aromatic heterocycles. The number of nitrogens with zero attached hydrogens (tertiary/aromatic N) is 1. The third-order valence-electron chi connectivity index (χ3n) is 6.11. The Morgan fingerprint density at radius 2 is 1.76 bits per heavy atom. The summed E-state index contributed by atoms with van der Waals surface area (Å²) in [6, 6.07) is 18.2. The molecule has 0 saturated heterocycles. The van der Waals surface area contributed by atoms with Crippen molar-refractivity contribution in [2.24, 2.45) is 0 Å². The Balaban J connectivity index is 1.52. The number of hydrogen-bond acceptors (Lipinski definition) is 5. The van der Waals surface area contributed by atoms with Gasteiger partial charge in [-0.15, -0.1) is 0 Å². The van der Waals surface area contributed by atoms with E-state index in [1.165, 1.54) is 0 Å². The van der Waals surface area contributed by atoms with Crippen molar-refractivity contribution >= 4 is 32.8 Å². The van der Waals surface area contributed by atoms with Gasteiger partial charge in [0.25, 0.3) is 5.91 Å². The van der Waals surface area contributed by atoms with Crippen LogP contribution in [0.1, 0.15) is 38.9 Å². The lowest BCUT2D eigenvalue weighted by molar-refractivity contribution is 0.0714. The Bertz CT molecular complexity index is 1490. The minimum Gasteiger partial charge on any atom is -0.454 e. The van der Waals surface area contributed by atoms with Gasteiger partial charge in [0.2, 0.25) is 12.6 Å². The van der Waals surface area contributed by atoms with Crippen molar-refractivity contribution in [3.05, 3.63) is 103 Å². The minimum absolute atomic E-state index is 0.0983. The molecule has 3 aromatic carbocycles. The SMILES string of the molecule is Cc1ccc(C2c3c(oc4ccc(Br)cc4c3=O)C(=O)N2Cc2ccc3c(c2)OCO3)cc1. The highest BCUT2D eigenvalue weighted by molar-refractivity contribution is 9.10. The molecule has 33 heavy (non-hydrogen) atoms. The third kappa shape index (κ3) is 3.23. The van der Waals surface area contributed by atoms with Gasteiger partial charge in [0, 0.05) is 11.0 Å². The molecule has 0 N–H and O–H groups in total. The van der Waals surface area contributed by atoms with Gasteiger partial charge in [-0.2, -0.15) is 0 Å². The van der Waals surface area contributed by atoms with Gasteiger partial charge in [0.1, 0.15) is 5.58 Å². The third-order valence-corrected chi connectivity index (χ3v) is 6.60. The summed E-state index contributed by atoms with van der Waals surface area (Å²) in [7, 11) is 0. The molecule has 2 aliphatic heterocycles. The molecular formula is C26H18BrNO5. The van der Waals surface area contributed by atoms with Gasteiger partial charge in [-0.25, -0.2) is 0 Å². The number of carbonyl (C=O) groups excluding carboxylic acids is 1. The molecule has 4 aromatic rings. The van der Waals surface area contributed by atoms with E-state index in [1.807, 2.05) is 49.4 Å². The van der Waals surface area contributed by atoms with Crippen LogP contribution in [0.15, 0.2) is 74.3 Å². The van der Waals surface area contributed by atoms with E-state index >= 15 is 0 Å². The topological polar surface area (TPSA) is 69.0 Å². The normalized spacial score (nSPS) is 16.5. The number of aryl methyl sites for hydroxylation is 1. The van der Waals surface area contributed by atoms with Crippen LogP contribution in [-0.2, 0) is 6.54 Å². The highest BCUT2D eigenvalue weighted by Crippen LogP contribution is 2.40. The van der Waals surface area contributed by atoms with E-state index < -0.39 is 6.04 Å². The van der Waals surface area contributed by atoms with Crippen LogP contribution in [0.4, 0.5) is 0 Å². The average molecular weight is 504 g/mol. The molecule has 6 nitrogen and oxygen atoms in total. The van der Waals surface area contributed by atoms with E-state index in [0.29, 0.717) is 28.0 Å². The molecule has 6 rings (SSSR count). The first-order valence-corrected chi connectivity index (χ1v) is 11.3. The first-order chi connectivity index (χ1) is 16.0. The van der Waals surface area contributed by atoms with Crippen LogP contribution in [0.5, 0.6) is 11.5 Å². The van der Waals surface area contributed by atoms with Gasteiger partial charge in [0.15, 0.2) is 16.9 Å². The number of rotatable bonds is 3. The zero-order valence-electron chi connectivity index (χ0n) is 17.6. The maximum absolute atomic E-state index is 13.6. The summed E-state index contributed by atoms with van der Waals surface area (Å²) < 4.78 is 17.7. The molecule has 0 saturated carbocycles. The Kier molecular flexibility index (Phi) is 4.55. The Hall–Kier alpha value is -3.58. The van der Waals surface area contributed by atoms with Crippen LogP contribution in [0.25, 0.3) is 11.0 Å². The quantitative estimate of drug-likeness (QED) is 0.377. The van der Waals surface area contributed by atoms with E-state index in [9.17, 15) is 9.59 Å². The smallest absolute Gasteiger partial charge is 0.291 e. The molecule has 0 bridgehead atoms. The predicted molar refractivity (Wildman–Crippen MR) is 126 cm³/mol. The van der Waals surface area contributed by atoms with Crippen LogP contribution in [0.3, 0.4) is 0 Å². The average Bonchev–Trinajstić information content (AvgIpc) is 3.38. The van der Waals surface area contributed by atoms with Gasteiger partial charge < -0.3 is 18.8 Å². The summed E-state index contributed by atoms with van der Waals surface area (Å²) >= 11 is 3.43.